The molecule has 3 aromatic carbocycles. The SMILES string of the molecule is Cc1ccc(S(=O)(=O)O[BH2-]c2n(-c3c(C(C)C)cccc3C(C)C)cc[n+]2-c2c(C(C)C)cccc2C(C)C)cc1. The highest BCUT2D eigenvalue weighted by Gasteiger charge is 2.28. The van der Waals surface area contributed by atoms with Crippen LogP contribution in [0.15, 0.2) is 78.0 Å². The summed E-state index contributed by atoms with van der Waals surface area (Å²) < 4.78 is 37.2. The molecule has 0 spiro atoms. The van der Waals surface area contributed by atoms with Crippen molar-refractivity contribution in [2.45, 2.75) is 90.9 Å². The Morgan fingerprint density at radius 2 is 1.17 bits per heavy atom. The van der Waals surface area contributed by atoms with Crippen LogP contribution in [0.2, 0.25) is 0 Å². The molecule has 0 saturated carbocycles. The van der Waals surface area contributed by atoms with E-state index < -0.39 is 17.6 Å². The van der Waals surface area contributed by atoms with Gasteiger partial charge in [0.25, 0.3) is 10.1 Å². The molecular weight excluding hydrogens is 527 g/mol. The van der Waals surface area contributed by atoms with Gasteiger partial charge >= 0.3 is 0 Å². The molecule has 0 aliphatic heterocycles. The lowest BCUT2D eigenvalue weighted by Crippen LogP contribution is -2.53. The first kappa shape index (κ1) is 30.8. The smallest absolute Gasteiger partial charge is 0.256 e. The van der Waals surface area contributed by atoms with Crippen molar-refractivity contribution < 1.29 is 17.1 Å². The normalized spacial score (nSPS) is 12.3. The van der Waals surface area contributed by atoms with Gasteiger partial charge in [0.05, 0.1) is 4.90 Å². The van der Waals surface area contributed by atoms with Crippen LogP contribution in [0.1, 0.15) is 107 Å². The molecule has 4 aromatic rings. The van der Waals surface area contributed by atoms with Crippen molar-refractivity contribution in [1.29, 1.82) is 0 Å². The molecule has 0 unspecified atom stereocenters. The molecule has 0 radical (unpaired) electrons. The van der Waals surface area contributed by atoms with Gasteiger partial charge in [-0.15, -0.1) is 0 Å². The summed E-state index contributed by atoms with van der Waals surface area (Å²) in [6, 6.07) is 19.9. The van der Waals surface area contributed by atoms with Gasteiger partial charge in [-0.2, -0.15) is 8.42 Å². The number of aryl methyl sites for hydroxylation is 1. The monoisotopic (exact) mass is 572 g/mol. The van der Waals surface area contributed by atoms with Gasteiger partial charge in [0.15, 0.2) is 0 Å². The molecule has 1 aromatic heterocycles. The maximum absolute atomic E-state index is 13.4. The first-order chi connectivity index (χ1) is 19.3. The van der Waals surface area contributed by atoms with Crippen LogP contribution < -0.4 is 10.3 Å². The highest BCUT2D eigenvalue weighted by atomic mass is 32.2. The number of aromatic nitrogens is 2. The maximum Gasteiger partial charge on any atom is 0.256 e. The average molecular weight is 573 g/mol. The summed E-state index contributed by atoms with van der Waals surface area (Å²) in [5.41, 5.74) is 9.06. The van der Waals surface area contributed by atoms with Crippen molar-refractivity contribution in [3.63, 3.8) is 0 Å². The van der Waals surface area contributed by atoms with E-state index in [1.165, 1.54) is 22.3 Å². The van der Waals surface area contributed by atoms with Crippen LogP contribution in [0, 0.1) is 6.92 Å². The predicted molar refractivity (Wildman–Crippen MR) is 171 cm³/mol. The number of para-hydroxylation sites is 2. The molecule has 0 fully saturated rings. The molecule has 218 valence electrons. The van der Waals surface area contributed by atoms with E-state index in [2.05, 4.69) is 113 Å². The lowest BCUT2D eigenvalue weighted by Gasteiger charge is -2.22. The summed E-state index contributed by atoms with van der Waals surface area (Å²) in [6.45, 7) is 19.6. The van der Waals surface area contributed by atoms with Crippen molar-refractivity contribution in [2.75, 3.05) is 0 Å². The van der Waals surface area contributed by atoms with Gasteiger partial charge in [0.2, 0.25) is 7.48 Å². The molecule has 0 N–H and O–H groups in total. The highest BCUT2D eigenvalue weighted by Crippen LogP contribution is 2.32. The van der Waals surface area contributed by atoms with E-state index in [4.69, 9.17) is 4.10 Å². The second kappa shape index (κ2) is 12.4. The number of rotatable bonds is 10. The van der Waals surface area contributed by atoms with Crippen LogP contribution in [0.3, 0.4) is 0 Å². The van der Waals surface area contributed by atoms with Crippen molar-refractivity contribution in [1.82, 2.24) is 4.57 Å². The summed E-state index contributed by atoms with van der Waals surface area (Å²) >= 11 is 0. The van der Waals surface area contributed by atoms with Gasteiger partial charge in [-0.3, -0.25) is 0 Å². The Morgan fingerprint density at radius 1 is 0.707 bits per heavy atom. The summed E-state index contributed by atoms with van der Waals surface area (Å²) in [5, 5.41) is 0. The Morgan fingerprint density at radius 3 is 1.63 bits per heavy atom. The molecule has 0 amide bonds. The van der Waals surface area contributed by atoms with Crippen molar-refractivity contribution >= 4 is 23.3 Å². The third-order valence-corrected chi connectivity index (χ3v) is 9.48. The Hall–Kier alpha value is -3.16. The zero-order chi connectivity index (χ0) is 30.1. The van der Waals surface area contributed by atoms with Crippen molar-refractivity contribution in [2.24, 2.45) is 0 Å². The maximum atomic E-state index is 13.4. The first-order valence-corrected chi connectivity index (χ1v) is 16.3. The zero-order valence-electron chi connectivity index (χ0n) is 26.3. The summed E-state index contributed by atoms with van der Waals surface area (Å²) in [5.74, 6) is 1.16. The largest absolute Gasteiger partial charge is 0.474 e. The Kier molecular flexibility index (Phi) is 9.30. The molecule has 4 rings (SSSR count). The second-order valence-corrected chi connectivity index (χ2v) is 14.1. The van der Waals surface area contributed by atoms with E-state index in [0.717, 1.165) is 22.7 Å². The van der Waals surface area contributed by atoms with Gasteiger partial charge < -0.3 is 4.10 Å². The molecule has 0 aliphatic carbocycles. The van der Waals surface area contributed by atoms with Gasteiger partial charge in [-0.05, 0) is 42.7 Å². The molecule has 41 heavy (non-hydrogen) atoms. The Bertz CT molecular complexity index is 1480. The number of hydrogen-bond acceptors (Lipinski definition) is 3. The molecule has 5 nitrogen and oxygen atoms in total. The lowest BCUT2D eigenvalue weighted by atomic mass is 9.90. The third kappa shape index (κ3) is 6.36. The zero-order valence-corrected chi connectivity index (χ0v) is 27.1. The fourth-order valence-corrected chi connectivity index (χ4v) is 6.73. The molecule has 0 bridgehead atoms. The highest BCUT2D eigenvalue weighted by molar-refractivity contribution is 7.87. The number of imidazole rings is 1. The van der Waals surface area contributed by atoms with Crippen LogP contribution in [-0.4, -0.2) is 20.5 Å². The van der Waals surface area contributed by atoms with Crippen LogP contribution >= 0.6 is 0 Å². The topological polar surface area (TPSA) is 52.2 Å². The number of hydrogen-bond donors (Lipinski definition) is 0. The van der Waals surface area contributed by atoms with E-state index in [1.54, 1.807) is 24.3 Å². The van der Waals surface area contributed by atoms with Gasteiger partial charge in [0.1, 0.15) is 29.5 Å². The summed E-state index contributed by atoms with van der Waals surface area (Å²) in [6.07, 6.45) is 4.18. The van der Waals surface area contributed by atoms with Crippen molar-refractivity contribution in [3.05, 3.63) is 101 Å². The van der Waals surface area contributed by atoms with Crippen molar-refractivity contribution in [3.8, 4) is 11.4 Å². The first-order valence-electron chi connectivity index (χ1n) is 14.9. The van der Waals surface area contributed by atoms with E-state index >= 15 is 0 Å². The van der Waals surface area contributed by atoms with Crippen LogP contribution in [-0.2, 0) is 14.2 Å². The van der Waals surface area contributed by atoms with E-state index in [1.807, 2.05) is 6.92 Å². The minimum atomic E-state index is -3.93. The minimum Gasteiger partial charge on any atom is -0.474 e. The average Bonchev–Trinajstić information content (AvgIpc) is 3.34. The summed E-state index contributed by atoms with van der Waals surface area (Å²) in [7, 11) is -5.56. The molecule has 0 aliphatic rings. The van der Waals surface area contributed by atoms with Gasteiger partial charge in [-0.1, -0.05) is 109 Å². The molecular formula is C34H45BN2O3S. The van der Waals surface area contributed by atoms with Crippen LogP contribution in [0.25, 0.3) is 11.4 Å². The van der Waals surface area contributed by atoms with Crippen LogP contribution in [0.5, 0.6) is 0 Å². The fraction of sp³-hybridized carbons (Fsp3) is 0.382. The van der Waals surface area contributed by atoms with Crippen LogP contribution in [0.4, 0.5) is 0 Å². The molecule has 7 heteroatoms. The van der Waals surface area contributed by atoms with Gasteiger partial charge in [0, 0.05) is 22.3 Å². The number of nitrogens with zero attached hydrogens (tertiary/aromatic N) is 2. The number of benzene rings is 3. The standard InChI is InChI=1S/C34H45BN2O3S/c1-22(2)28-12-10-13-29(23(3)4)32(28)36-20-21-37(33-30(24(5)6)14-11-15-31(33)25(7)8)34(36)35-40-41(38,39)27-18-16-26(9)17-19-27/h10-25H,35H2,1-9H3. The van der Waals surface area contributed by atoms with E-state index in [-0.39, 0.29) is 4.90 Å². The van der Waals surface area contributed by atoms with Gasteiger partial charge in [-0.25, -0.2) is 9.13 Å². The quantitative estimate of drug-likeness (QED) is 0.158. The lowest BCUT2D eigenvalue weighted by molar-refractivity contribution is -0.577. The molecule has 0 saturated heterocycles. The fourth-order valence-electron chi connectivity index (χ4n) is 5.70. The third-order valence-electron chi connectivity index (χ3n) is 8.02. The Balaban J connectivity index is 2.00. The second-order valence-electron chi connectivity index (χ2n) is 12.4. The minimum absolute atomic E-state index is 0.187. The summed E-state index contributed by atoms with van der Waals surface area (Å²) in [4.78, 5) is 0.187. The molecule has 1 heterocycles. The molecule has 0 atom stereocenters. The Labute approximate surface area is 247 Å². The predicted octanol–water partition coefficient (Wildman–Crippen LogP) is 6.67. The van der Waals surface area contributed by atoms with E-state index in [9.17, 15) is 8.42 Å². The van der Waals surface area contributed by atoms with E-state index in [0.29, 0.717) is 23.7 Å².